The molecule has 2 rings (SSSR count). The summed E-state index contributed by atoms with van der Waals surface area (Å²) in [6.07, 6.45) is 7.56. The first-order chi connectivity index (χ1) is 12.0. The van der Waals surface area contributed by atoms with E-state index < -0.39 is 0 Å². The number of amides is 2. The number of carbonyl (C=O) groups excluding carboxylic acids is 2. The van der Waals surface area contributed by atoms with Crippen molar-refractivity contribution in [2.24, 2.45) is 5.92 Å². The van der Waals surface area contributed by atoms with Crippen molar-refractivity contribution in [2.75, 3.05) is 67.0 Å². The molecule has 144 valence electrons. The van der Waals surface area contributed by atoms with Gasteiger partial charge >= 0.3 is 0 Å². The van der Waals surface area contributed by atoms with E-state index in [0.717, 1.165) is 39.1 Å². The molecule has 0 aromatic rings. The zero-order chi connectivity index (χ0) is 18.2. The van der Waals surface area contributed by atoms with Crippen LogP contribution < -0.4 is 0 Å². The van der Waals surface area contributed by atoms with Crippen LogP contribution in [0.2, 0.25) is 0 Å². The number of hydrogen-bond acceptors (Lipinski definition) is 4. The first-order valence-corrected chi connectivity index (χ1v) is 9.84. The van der Waals surface area contributed by atoms with Crippen LogP contribution in [0.15, 0.2) is 0 Å². The monoisotopic (exact) mass is 352 g/mol. The molecule has 1 aliphatic heterocycles. The largest absolute Gasteiger partial charge is 0.348 e. The predicted octanol–water partition coefficient (Wildman–Crippen LogP) is 1.12. The van der Waals surface area contributed by atoms with Crippen LogP contribution in [0.3, 0.4) is 0 Å². The van der Waals surface area contributed by atoms with Gasteiger partial charge in [-0.1, -0.05) is 19.3 Å². The summed E-state index contributed by atoms with van der Waals surface area (Å²) in [5.74, 6) is 1.08. The Labute approximate surface area is 153 Å². The molecule has 6 heteroatoms. The van der Waals surface area contributed by atoms with E-state index >= 15 is 0 Å². The highest BCUT2D eigenvalue weighted by molar-refractivity contribution is 5.78. The van der Waals surface area contributed by atoms with Gasteiger partial charge in [0.05, 0.1) is 13.1 Å². The van der Waals surface area contributed by atoms with E-state index in [1.807, 2.05) is 11.9 Å². The quantitative estimate of drug-likeness (QED) is 0.719. The van der Waals surface area contributed by atoms with Crippen LogP contribution in [0.1, 0.15) is 38.5 Å². The maximum absolute atomic E-state index is 12.6. The van der Waals surface area contributed by atoms with E-state index in [9.17, 15) is 9.59 Å². The Morgan fingerprint density at radius 2 is 1.36 bits per heavy atom. The molecule has 0 aromatic carbocycles. The van der Waals surface area contributed by atoms with Crippen LogP contribution in [0.5, 0.6) is 0 Å². The Kier molecular flexibility index (Phi) is 8.16. The van der Waals surface area contributed by atoms with Crippen LogP contribution >= 0.6 is 0 Å². The number of likely N-dealkylation sites (N-methyl/N-ethyl adjacent to an activating group) is 2. The molecule has 1 saturated carbocycles. The van der Waals surface area contributed by atoms with E-state index in [0.29, 0.717) is 19.0 Å². The molecular weight excluding hydrogens is 316 g/mol. The van der Waals surface area contributed by atoms with Gasteiger partial charge in [-0.25, -0.2) is 0 Å². The molecule has 0 radical (unpaired) electrons. The van der Waals surface area contributed by atoms with Gasteiger partial charge in [-0.15, -0.1) is 0 Å². The van der Waals surface area contributed by atoms with Crippen molar-refractivity contribution in [1.29, 1.82) is 0 Å². The van der Waals surface area contributed by atoms with E-state index in [1.54, 1.807) is 19.0 Å². The van der Waals surface area contributed by atoms with Crippen LogP contribution in [0.4, 0.5) is 0 Å². The van der Waals surface area contributed by atoms with Gasteiger partial charge < -0.3 is 9.80 Å². The number of hydrogen-bond donors (Lipinski definition) is 0. The molecule has 0 N–H and O–H groups in total. The fourth-order valence-electron chi connectivity index (χ4n) is 3.84. The van der Waals surface area contributed by atoms with Gasteiger partial charge in [-0.3, -0.25) is 19.4 Å². The summed E-state index contributed by atoms with van der Waals surface area (Å²) in [4.78, 5) is 32.5. The Morgan fingerprint density at radius 1 is 0.800 bits per heavy atom. The van der Waals surface area contributed by atoms with Crippen LogP contribution in [-0.2, 0) is 9.59 Å². The molecule has 25 heavy (non-hydrogen) atoms. The first-order valence-electron chi connectivity index (χ1n) is 9.84. The van der Waals surface area contributed by atoms with Crippen molar-refractivity contribution in [1.82, 2.24) is 19.6 Å². The minimum atomic E-state index is 0.150. The van der Waals surface area contributed by atoms with Gasteiger partial charge in [0.15, 0.2) is 0 Å². The Bertz CT molecular complexity index is 435. The summed E-state index contributed by atoms with van der Waals surface area (Å²) < 4.78 is 0. The van der Waals surface area contributed by atoms with Crippen molar-refractivity contribution in [3.8, 4) is 0 Å². The van der Waals surface area contributed by atoms with Crippen LogP contribution in [0, 0.1) is 5.92 Å². The Hall–Kier alpha value is -1.14. The van der Waals surface area contributed by atoms with Gasteiger partial charge in [0.1, 0.15) is 0 Å². The summed E-state index contributed by atoms with van der Waals surface area (Å²) >= 11 is 0. The molecule has 1 saturated heterocycles. The number of nitrogens with zero attached hydrogens (tertiary/aromatic N) is 4. The first kappa shape index (κ1) is 20.2. The van der Waals surface area contributed by atoms with Crippen molar-refractivity contribution < 1.29 is 9.59 Å². The normalized spacial score (nSPS) is 20.9. The summed E-state index contributed by atoms with van der Waals surface area (Å²) in [6, 6.07) is 0. The molecule has 2 fully saturated rings. The van der Waals surface area contributed by atoms with Crippen molar-refractivity contribution in [3.05, 3.63) is 0 Å². The third-order valence-corrected chi connectivity index (χ3v) is 5.58. The SMILES string of the molecule is CN(C)C(=O)CN1CCCN(CC(=O)N(C)CC2CCCCC2)CC1. The summed E-state index contributed by atoms with van der Waals surface area (Å²) in [7, 11) is 5.55. The minimum absolute atomic E-state index is 0.150. The van der Waals surface area contributed by atoms with E-state index in [4.69, 9.17) is 0 Å². The van der Waals surface area contributed by atoms with Crippen LogP contribution in [-0.4, -0.2) is 98.4 Å². The second-order valence-corrected chi connectivity index (χ2v) is 7.97. The zero-order valence-electron chi connectivity index (χ0n) is 16.4. The molecule has 0 atom stereocenters. The van der Waals surface area contributed by atoms with Crippen LogP contribution in [0.25, 0.3) is 0 Å². The maximum Gasteiger partial charge on any atom is 0.236 e. The smallest absolute Gasteiger partial charge is 0.236 e. The molecule has 0 unspecified atom stereocenters. The summed E-state index contributed by atoms with van der Waals surface area (Å²) in [5, 5.41) is 0. The third kappa shape index (κ3) is 6.94. The lowest BCUT2D eigenvalue weighted by Crippen LogP contribution is -2.42. The molecule has 1 heterocycles. The molecular formula is C19H36N4O2. The Balaban J connectivity index is 1.72. The van der Waals surface area contributed by atoms with Gasteiger partial charge in [-0.05, 0) is 38.3 Å². The second-order valence-electron chi connectivity index (χ2n) is 7.97. The topological polar surface area (TPSA) is 47.1 Å². The molecule has 0 bridgehead atoms. The number of carbonyl (C=O) groups is 2. The molecule has 0 spiro atoms. The van der Waals surface area contributed by atoms with Gasteiger partial charge in [0.2, 0.25) is 11.8 Å². The lowest BCUT2D eigenvalue weighted by Gasteiger charge is -2.29. The molecule has 2 aliphatic rings. The average molecular weight is 353 g/mol. The highest BCUT2D eigenvalue weighted by Crippen LogP contribution is 2.24. The summed E-state index contributed by atoms with van der Waals surface area (Å²) in [6.45, 7) is 5.51. The highest BCUT2D eigenvalue weighted by atomic mass is 16.2. The average Bonchev–Trinajstić information content (AvgIpc) is 2.81. The maximum atomic E-state index is 12.6. The second kappa shape index (κ2) is 10.1. The molecule has 2 amide bonds. The van der Waals surface area contributed by atoms with Gasteiger partial charge in [-0.2, -0.15) is 0 Å². The van der Waals surface area contributed by atoms with Gasteiger partial charge in [0.25, 0.3) is 0 Å². The predicted molar refractivity (Wildman–Crippen MR) is 100 cm³/mol. The van der Waals surface area contributed by atoms with Crippen molar-refractivity contribution >= 4 is 11.8 Å². The Morgan fingerprint density at radius 3 is 1.92 bits per heavy atom. The van der Waals surface area contributed by atoms with E-state index in [2.05, 4.69) is 9.80 Å². The number of rotatable bonds is 6. The van der Waals surface area contributed by atoms with E-state index in [-0.39, 0.29) is 11.8 Å². The highest BCUT2D eigenvalue weighted by Gasteiger charge is 2.22. The van der Waals surface area contributed by atoms with Crippen molar-refractivity contribution in [3.63, 3.8) is 0 Å². The molecule has 6 nitrogen and oxygen atoms in total. The lowest BCUT2D eigenvalue weighted by molar-refractivity contribution is -0.132. The molecule has 0 aromatic heterocycles. The third-order valence-electron chi connectivity index (χ3n) is 5.58. The minimum Gasteiger partial charge on any atom is -0.348 e. The fourth-order valence-corrected chi connectivity index (χ4v) is 3.84. The summed E-state index contributed by atoms with van der Waals surface area (Å²) in [5.41, 5.74) is 0. The van der Waals surface area contributed by atoms with Crippen molar-refractivity contribution in [2.45, 2.75) is 38.5 Å². The zero-order valence-corrected chi connectivity index (χ0v) is 16.4. The van der Waals surface area contributed by atoms with Gasteiger partial charge in [0, 0.05) is 40.8 Å². The standard InChI is InChI=1S/C19H36N4O2/c1-20(2)18(24)15-22-10-7-11-23(13-12-22)16-19(25)21(3)14-17-8-5-4-6-9-17/h17H,4-16H2,1-3H3. The fraction of sp³-hybridized carbons (Fsp3) is 0.895. The molecule has 1 aliphatic carbocycles. The lowest BCUT2D eigenvalue weighted by atomic mass is 9.89. The van der Waals surface area contributed by atoms with E-state index in [1.165, 1.54) is 32.1 Å².